The molecule has 1 saturated heterocycles. The summed E-state index contributed by atoms with van der Waals surface area (Å²) in [5.74, 6) is -0.129. The van der Waals surface area contributed by atoms with Crippen molar-refractivity contribution in [3.63, 3.8) is 0 Å². The van der Waals surface area contributed by atoms with Crippen LogP contribution in [0.1, 0.15) is 72.0 Å². The van der Waals surface area contributed by atoms with Crippen molar-refractivity contribution in [2.75, 3.05) is 10.6 Å². The van der Waals surface area contributed by atoms with Crippen LogP contribution in [0, 0.1) is 0 Å². The zero-order valence-corrected chi connectivity index (χ0v) is 19.2. The van der Waals surface area contributed by atoms with Crippen molar-refractivity contribution < 1.29 is 9.59 Å². The highest BCUT2D eigenvalue weighted by atomic mass is 16.2. The highest BCUT2D eigenvalue weighted by Crippen LogP contribution is 2.40. The van der Waals surface area contributed by atoms with E-state index in [0.29, 0.717) is 28.5 Å². The largest absolute Gasteiger partial charge is 0.351 e. The fraction of sp³-hybridized carbons (Fsp3) is 0.360. The lowest BCUT2D eigenvalue weighted by Gasteiger charge is -2.27. The lowest BCUT2D eigenvalue weighted by atomic mass is 10.1. The van der Waals surface area contributed by atoms with Crippen LogP contribution >= 0.6 is 0 Å². The van der Waals surface area contributed by atoms with Gasteiger partial charge in [0.05, 0.1) is 41.2 Å². The van der Waals surface area contributed by atoms with Crippen molar-refractivity contribution in [2.24, 2.45) is 0 Å². The van der Waals surface area contributed by atoms with Crippen molar-refractivity contribution in [3.8, 4) is 0 Å². The van der Waals surface area contributed by atoms with Crippen LogP contribution in [0.4, 0.5) is 17.1 Å². The molecule has 2 amide bonds. The number of anilines is 3. The lowest BCUT2D eigenvalue weighted by molar-refractivity contribution is 0.0694. The third kappa shape index (κ3) is 4.46. The predicted molar refractivity (Wildman–Crippen MR) is 128 cm³/mol. The van der Waals surface area contributed by atoms with E-state index >= 15 is 0 Å². The molecule has 2 aliphatic rings. The molecule has 2 atom stereocenters. The summed E-state index contributed by atoms with van der Waals surface area (Å²) in [5, 5.41) is 6.07. The first-order valence-corrected chi connectivity index (χ1v) is 11.6. The summed E-state index contributed by atoms with van der Waals surface area (Å²) in [6.45, 7) is 4.11. The number of likely N-dealkylation sites (tertiary alicyclic amines) is 1. The van der Waals surface area contributed by atoms with Gasteiger partial charge in [-0.3, -0.25) is 14.6 Å². The Kier molecular flexibility index (Phi) is 5.91. The van der Waals surface area contributed by atoms with Gasteiger partial charge in [-0.15, -0.1) is 0 Å². The summed E-state index contributed by atoms with van der Waals surface area (Å²) in [4.78, 5) is 45.6. The van der Waals surface area contributed by atoms with Crippen LogP contribution in [0.25, 0.3) is 0 Å². The Hall–Kier alpha value is -3.88. The first-order chi connectivity index (χ1) is 16.5. The van der Waals surface area contributed by atoms with Crippen LogP contribution in [0.3, 0.4) is 0 Å². The number of amides is 2. The number of nitrogens with zero attached hydrogens (tertiary/aromatic N) is 5. The number of rotatable bonds is 6. The Morgan fingerprint density at radius 2 is 1.65 bits per heavy atom. The summed E-state index contributed by atoms with van der Waals surface area (Å²) in [7, 11) is 0. The fourth-order valence-corrected chi connectivity index (χ4v) is 4.47. The molecule has 9 nitrogen and oxygen atoms in total. The van der Waals surface area contributed by atoms with Gasteiger partial charge in [-0.2, -0.15) is 0 Å². The van der Waals surface area contributed by atoms with Gasteiger partial charge in [-0.05, 0) is 57.7 Å². The first kappa shape index (κ1) is 21.9. The van der Waals surface area contributed by atoms with Gasteiger partial charge in [-0.25, -0.2) is 15.0 Å². The zero-order valence-electron chi connectivity index (χ0n) is 19.2. The van der Waals surface area contributed by atoms with Gasteiger partial charge in [0.15, 0.2) is 5.69 Å². The second-order valence-corrected chi connectivity index (χ2v) is 9.02. The van der Waals surface area contributed by atoms with Crippen LogP contribution < -0.4 is 10.6 Å². The molecule has 5 rings (SSSR count). The van der Waals surface area contributed by atoms with E-state index in [1.807, 2.05) is 17.0 Å². The number of pyridine rings is 2. The molecule has 0 bridgehead atoms. The van der Waals surface area contributed by atoms with Crippen LogP contribution in [0.15, 0.2) is 49.3 Å². The van der Waals surface area contributed by atoms with E-state index in [-0.39, 0.29) is 23.7 Å². The maximum absolute atomic E-state index is 13.4. The second-order valence-electron chi connectivity index (χ2n) is 9.02. The molecule has 1 aliphatic heterocycles. The molecule has 34 heavy (non-hydrogen) atoms. The van der Waals surface area contributed by atoms with Crippen molar-refractivity contribution in [1.29, 1.82) is 0 Å². The molecule has 0 spiro atoms. The lowest BCUT2D eigenvalue weighted by Crippen LogP contribution is -2.39. The van der Waals surface area contributed by atoms with Crippen LogP contribution in [0.2, 0.25) is 0 Å². The van der Waals surface area contributed by atoms with Crippen molar-refractivity contribution in [3.05, 3.63) is 66.3 Å². The smallest absolute Gasteiger partial charge is 0.276 e. The summed E-state index contributed by atoms with van der Waals surface area (Å²) in [6.07, 6.45) is 11.9. The molecule has 4 heterocycles. The average molecular weight is 458 g/mol. The Labute approximate surface area is 198 Å². The van der Waals surface area contributed by atoms with E-state index in [2.05, 4.69) is 44.4 Å². The van der Waals surface area contributed by atoms with Gasteiger partial charge in [0.25, 0.3) is 11.8 Å². The second kappa shape index (κ2) is 9.17. The van der Waals surface area contributed by atoms with Gasteiger partial charge >= 0.3 is 0 Å². The number of carbonyl (C=O) groups excluding carboxylic acids is 2. The highest BCUT2D eigenvalue weighted by molar-refractivity contribution is 6.10. The molecule has 3 aromatic rings. The van der Waals surface area contributed by atoms with Crippen molar-refractivity contribution >= 4 is 28.9 Å². The van der Waals surface area contributed by atoms with Gasteiger partial charge in [-0.1, -0.05) is 0 Å². The van der Waals surface area contributed by atoms with Crippen LogP contribution in [0.5, 0.6) is 0 Å². The third-order valence-corrected chi connectivity index (χ3v) is 6.45. The number of hydrogen-bond donors (Lipinski definition) is 2. The topological polar surface area (TPSA) is 113 Å². The van der Waals surface area contributed by atoms with E-state index in [0.717, 1.165) is 31.4 Å². The number of hydrogen-bond acceptors (Lipinski definition) is 7. The first-order valence-electron chi connectivity index (χ1n) is 11.6. The Balaban J connectivity index is 1.44. The van der Waals surface area contributed by atoms with Gasteiger partial charge in [0.1, 0.15) is 6.33 Å². The average Bonchev–Trinajstić information content (AvgIpc) is 3.64. The molecule has 0 aromatic carbocycles. The Morgan fingerprint density at radius 3 is 2.35 bits per heavy atom. The van der Waals surface area contributed by atoms with E-state index in [1.54, 1.807) is 24.7 Å². The normalized spacial score (nSPS) is 19.6. The summed E-state index contributed by atoms with van der Waals surface area (Å²) < 4.78 is 0. The molecule has 1 saturated carbocycles. The van der Waals surface area contributed by atoms with Crippen LogP contribution in [-0.2, 0) is 0 Å². The quantitative estimate of drug-likeness (QED) is 0.572. The summed E-state index contributed by atoms with van der Waals surface area (Å²) >= 11 is 0. The molecule has 2 unspecified atom stereocenters. The number of aromatic nitrogens is 4. The van der Waals surface area contributed by atoms with Gasteiger partial charge in [0.2, 0.25) is 0 Å². The van der Waals surface area contributed by atoms with Gasteiger partial charge in [0, 0.05) is 29.9 Å². The van der Waals surface area contributed by atoms with Gasteiger partial charge < -0.3 is 15.5 Å². The maximum Gasteiger partial charge on any atom is 0.276 e. The van der Waals surface area contributed by atoms with E-state index < -0.39 is 5.91 Å². The molecular formula is C25H27N7O2. The molecule has 174 valence electrons. The Morgan fingerprint density at radius 1 is 0.912 bits per heavy atom. The minimum atomic E-state index is -0.411. The summed E-state index contributed by atoms with van der Waals surface area (Å²) in [5.41, 5.74) is 3.12. The fourth-order valence-electron chi connectivity index (χ4n) is 4.47. The molecule has 0 radical (unpaired) electrons. The minimum Gasteiger partial charge on any atom is -0.351 e. The Bertz CT molecular complexity index is 1200. The minimum absolute atomic E-state index is 0.102. The predicted octanol–water partition coefficient (Wildman–Crippen LogP) is 4.15. The van der Waals surface area contributed by atoms with E-state index in [9.17, 15) is 9.59 Å². The van der Waals surface area contributed by atoms with Crippen LogP contribution in [-0.4, -0.2) is 48.7 Å². The van der Waals surface area contributed by atoms with Crippen molar-refractivity contribution in [1.82, 2.24) is 24.8 Å². The number of carbonyl (C=O) groups is 2. The molecular weight excluding hydrogens is 430 g/mol. The number of nitrogens with one attached hydrogen (secondary N) is 2. The zero-order chi connectivity index (χ0) is 23.7. The van der Waals surface area contributed by atoms with E-state index in [1.165, 1.54) is 12.5 Å². The maximum atomic E-state index is 13.4. The monoisotopic (exact) mass is 457 g/mol. The highest BCUT2D eigenvalue weighted by Gasteiger charge is 2.33. The molecule has 3 aromatic heterocycles. The third-order valence-electron chi connectivity index (χ3n) is 6.45. The van der Waals surface area contributed by atoms with E-state index in [4.69, 9.17) is 0 Å². The molecule has 9 heteroatoms. The molecule has 2 N–H and O–H groups in total. The standard InChI is InChI=1S/C25H27N7O2/c1-15-3-4-16(2)32(15)25(34)19-9-10-26-13-22(19)31-24(33)23-21(29-18-11-27-14-28-12-18)8-7-20(30-23)17-5-6-17/h7-17,29H,3-6H2,1-2H3,(H,31,33). The molecule has 1 aliphatic carbocycles. The molecule has 2 fully saturated rings. The SMILES string of the molecule is CC1CCC(C)N1C(=O)c1ccncc1NC(=O)c1nc(C2CC2)ccc1Nc1cncnc1. The summed E-state index contributed by atoms with van der Waals surface area (Å²) in [6, 6.07) is 5.76. The van der Waals surface area contributed by atoms with Crippen molar-refractivity contribution in [2.45, 2.75) is 57.5 Å².